The number of rotatable bonds is 5. The van der Waals surface area contributed by atoms with Gasteiger partial charge in [-0.1, -0.05) is 0 Å². The molecule has 0 aliphatic carbocycles. The Kier molecular flexibility index (Phi) is 4.54. The molecule has 0 saturated carbocycles. The van der Waals surface area contributed by atoms with Gasteiger partial charge in [0.25, 0.3) is 0 Å². The molecule has 0 saturated heterocycles. The lowest BCUT2D eigenvalue weighted by molar-refractivity contribution is 0.199. The van der Waals surface area contributed by atoms with E-state index in [4.69, 9.17) is 5.73 Å². The van der Waals surface area contributed by atoms with Crippen LogP contribution in [0.25, 0.3) is 0 Å². The molecule has 0 aliphatic heterocycles. The summed E-state index contributed by atoms with van der Waals surface area (Å²) in [5.74, 6) is -0.674. The van der Waals surface area contributed by atoms with Crippen LogP contribution >= 0.6 is 0 Å². The second kappa shape index (κ2) is 5.44. The van der Waals surface area contributed by atoms with Crippen molar-refractivity contribution < 1.29 is 12.8 Å². The van der Waals surface area contributed by atoms with Gasteiger partial charge in [-0.25, -0.2) is 17.5 Å². The van der Waals surface area contributed by atoms with Crippen LogP contribution in [-0.4, -0.2) is 39.5 Å². The summed E-state index contributed by atoms with van der Waals surface area (Å²) in [5.41, 5.74) is 5.17. The van der Waals surface area contributed by atoms with E-state index >= 15 is 0 Å². The van der Waals surface area contributed by atoms with E-state index in [-0.39, 0.29) is 22.7 Å². The molecule has 1 aromatic rings. The highest BCUT2D eigenvalue weighted by atomic mass is 32.2. The lowest BCUT2D eigenvalue weighted by Crippen LogP contribution is -2.48. The van der Waals surface area contributed by atoms with Crippen LogP contribution in [-0.2, 0) is 10.0 Å². The van der Waals surface area contributed by atoms with E-state index in [1.54, 1.807) is 0 Å². The largest absolute Gasteiger partial charge is 0.399 e. The minimum atomic E-state index is -3.77. The molecule has 1 rings (SSSR count). The Morgan fingerprint density at radius 3 is 2.37 bits per heavy atom. The standard InChI is InChI=1S/C12H20FN3O2S/c1-12(2,16(3)4)8-15-19(17,18)11-6-9(13)5-10(14)7-11/h5-7,15H,8,14H2,1-4H3. The number of halogens is 1. The second-order valence-electron chi connectivity index (χ2n) is 5.25. The van der Waals surface area contributed by atoms with E-state index in [0.717, 1.165) is 12.1 Å². The number of nitrogen functional groups attached to an aromatic ring is 1. The van der Waals surface area contributed by atoms with Crippen molar-refractivity contribution in [1.82, 2.24) is 9.62 Å². The zero-order valence-electron chi connectivity index (χ0n) is 11.6. The van der Waals surface area contributed by atoms with E-state index in [1.165, 1.54) is 6.07 Å². The highest BCUT2D eigenvalue weighted by molar-refractivity contribution is 7.89. The smallest absolute Gasteiger partial charge is 0.240 e. The van der Waals surface area contributed by atoms with Gasteiger partial charge in [0, 0.05) is 17.8 Å². The lowest BCUT2D eigenvalue weighted by Gasteiger charge is -2.32. The predicted octanol–water partition coefficient (Wildman–Crippen LogP) is 1.03. The quantitative estimate of drug-likeness (QED) is 0.794. The molecule has 0 aliphatic rings. The zero-order valence-corrected chi connectivity index (χ0v) is 12.4. The highest BCUT2D eigenvalue weighted by Crippen LogP contribution is 2.17. The average Bonchev–Trinajstić information content (AvgIpc) is 2.25. The first-order valence-corrected chi connectivity index (χ1v) is 7.26. The Labute approximate surface area is 113 Å². The van der Waals surface area contributed by atoms with Crippen LogP contribution in [0.1, 0.15) is 13.8 Å². The highest BCUT2D eigenvalue weighted by Gasteiger charge is 2.24. The van der Waals surface area contributed by atoms with Crippen molar-refractivity contribution in [1.29, 1.82) is 0 Å². The third-order valence-corrected chi connectivity index (χ3v) is 4.49. The average molecular weight is 289 g/mol. The topological polar surface area (TPSA) is 75.4 Å². The molecule has 0 aromatic heterocycles. The number of hydrogen-bond donors (Lipinski definition) is 2. The van der Waals surface area contributed by atoms with Crippen molar-refractivity contribution in [2.75, 3.05) is 26.4 Å². The van der Waals surface area contributed by atoms with Crippen molar-refractivity contribution >= 4 is 15.7 Å². The van der Waals surface area contributed by atoms with Gasteiger partial charge in [-0.3, -0.25) is 0 Å². The minimum absolute atomic E-state index is 0.0762. The SMILES string of the molecule is CN(C)C(C)(C)CNS(=O)(=O)c1cc(N)cc(F)c1. The van der Waals surface area contributed by atoms with Crippen LogP contribution in [0.4, 0.5) is 10.1 Å². The number of anilines is 1. The first kappa shape index (κ1) is 15.9. The van der Waals surface area contributed by atoms with E-state index in [9.17, 15) is 12.8 Å². The molecular formula is C12H20FN3O2S. The van der Waals surface area contributed by atoms with Crippen LogP contribution in [0.5, 0.6) is 0 Å². The molecule has 0 bridgehead atoms. The fourth-order valence-corrected chi connectivity index (χ4v) is 2.52. The van der Waals surface area contributed by atoms with Gasteiger partial charge in [0.05, 0.1) is 4.90 Å². The molecule has 1 aromatic carbocycles. The Bertz CT molecular complexity index is 536. The van der Waals surface area contributed by atoms with Crippen molar-refractivity contribution in [2.24, 2.45) is 0 Å². The normalized spacial score (nSPS) is 12.9. The van der Waals surface area contributed by atoms with Crippen LogP contribution in [0.3, 0.4) is 0 Å². The van der Waals surface area contributed by atoms with Crippen molar-refractivity contribution in [3.05, 3.63) is 24.0 Å². The fraction of sp³-hybridized carbons (Fsp3) is 0.500. The molecule has 0 heterocycles. The Balaban J connectivity index is 2.93. The Hall–Kier alpha value is -1.18. The number of nitrogens with one attached hydrogen (secondary N) is 1. The Morgan fingerprint density at radius 1 is 1.32 bits per heavy atom. The molecule has 0 fully saturated rings. The van der Waals surface area contributed by atoms with Crippen molar-refractivity contribution in [2.45, 2.75) is 24.3 Å². The molecule has 5 nitrogen and oxygen atoms in total. The molecule has 3 N–H and O–H groups in total. The number of benzene rings is 1. The summed E-state index contributed by atoms with van der Waals surface area (Å²) < 4.78 is 39.7. The number of likely N-dealkylation sites (N-methyl/N-ethyl adjacent to an activating group) is 1. The van der Waals surface area contributed by atoms with Gasteiger partial charge in [-0.2, -0.15) is 0 Å². The maximum absolute atomic E-state index is 13.2. The van der Waals surface area contributed by atoms with Crippen LogP contribution in [0, 0.1) is 5.82 Å². The summed E-state index contributed by atoms with van der Waals surface area (Å²) in [6, 6.07) is 3.25. The second-order valence-corrected chi connectivity index (χ2v) is 7.02. The van der Waals surface area contributed by atoms with E-state index in [1.807, 2.05) is 32.8 Å². The van der Waals surface area contributed by atoms with Crippen LogP contribution in [0.15, 0.2) is 23.1 Å². The molecule has 0 amide bonds. The monoisotopic (exact) mass is 289 g/mol. The van der Waals surface area contributed by atoms with Crippen molar-refractivity contribution in [3.63, 3.8) is 0 Å². The van der Waals surface area contributed by atoms with Gasteiger partial charge in [0.1, 0.15) is 5.82 Å². The molecule has 7 heteroatoms. The number of nitrogens with two attached hydrogens (primary N) is 1. The third-order valence-electron chi connectivity index (χ3n) is 3.11. The maximum Gasteiger partial charge on any atom is 0.240 e. The predicted molar refractivity (Wildman–Crippen MR) is 73.8 cm³/mol. The van der Waals surface area contributed by atoms with Crippen molar-refractivity contribution in [3.8, 4) is 0 Å². The molecule has 0 radical (unpaired) electrons. The molecular weight excluding hydrogens is 269 g/mol. The molecule has 0 spiro atoms. The maximum atomic E-state index is 13.2. The summed E-state index contributed by atoms with van der Waals surface area (Å²) in [7, 11) is -0.0574. The van der Waals surface area contributed by atoms with E-state index in [0.29, 0.717) is 0 Å². The van der Waals surface area contributed by atoms with E-state index < -0.39 is 15.8 Å². The summed E-state index contributed by atoms with van der Waals surface area (Å²) in [6.07, 6.45) is 0. The summed E-state index contributed by atoms with van der Waals surface area (Å²) in [5, 5.41) is 0. The fourth-order valence-electron chi connectivity index (χ4n) is 1.25. The van der Waals surface area contributed by atoms with Gasteiger partial charge in [-0.15, -0.1) is 0 Å². The van der Waals surface area contributed by atoms with Crippen LogP contribution < -0.4 is 10.5 Å². The van der Waals surface area contributed by atoms with Gasteiger partial charge >= 0.3 is 0 Å². The Morgan fingerprint density at radius 2 is 1.89 bits per heavy atom. The number of nitrogens with zero attached hydrogens (tertiary/aromatic N) is 1. The summed E-state index contributed by atoms with van der Waals surface area (Å²) in [6.45, 7) is 4.00. The lowest BCUT2D eigenvalue weighted by atomic mass is 10.1. The van der Waals surface area contributed by atoms with Gasteiger partial charge in [-0.05, 0) is 46.1 Å². The molecule has 19 heavy (non-hydrogen) atoms. The minimum Gasteiger partial charge on any atom is -0.399 e. The zero-order chi connectivity index (χ0) is 14.8. The molecule has 108 valence electrons. The summed E-state index contributed by atoms with van der Waals surface area (Å²) >= 11 is 0. The summed E-state index contributed by atoms with van der Waals surface area (Å²) in [4.78, 5) is 1.73. The van der Waals surface area contributed by atoms with Gasteiger partial charge < -0.3 is 10.6 Å². The molecule has 0 atom stereocenters. The number of sulfonamides is 1. The third kappa shape index (κ3) is 4.15. The first-order valence-electron chi connectivity index (χ1n) is 5.78. The van der Waals surface area contributed by atoms with Gasteiger partial charge in [0.2, 0.25) is 10.0 Å². The van der Waals surface area contributed by atoms with E-state index in [2.05, 4.69) is 4.72 Å². The number of hydrogen-bond acceptors (Lipinski definition) is 4. The van der Waals surface area contributed by atoms with Crippen LogP contribution in [0.2, 0.25) is 0 Å². The van der Waals surface area contributed by atoms with Gasteiger partial charge in [0.15, 0.2) is 0 Å². The first-order chi connectivity index (χ1) is 8.54. The molecule has 0 unspecified atom stereocenters.